The number of aryl methyl sites for hydroxylation is 1. The van der Waals surface area contributed by atoms with E-state index >= 15 is 0 Å². The summed E-state index contributed by atoms with van der Waals surface area (Å²) in [5.74, 6) is -0.309. The van der Waals surface area contributed by atoms with Crippen LogP contribution in [0, 0.1) is 6.92 Å². The molecule has 0 saturated heterocycles. The molecule has 0 atom stereocenters. The molecule has 1 N–H and O–H groups in total. The molecule has 23 heavy (non-hydrogen) atoms. The number of carbonyl (C=O) groups excluding carboxylic acids is 2. The van der Waals surface area contributed by atoms with Gasteiger partial charge in [-0.25, -0.2) is 0 Å². The van der Waals surface area contributed by atoms with Crippen LogP contribution in [-0.2, 0) is 0 Å². The second-order valence-electron chi connectivity index (χ2n) is 5.17. The molecule has 1 aromatic heterocycles. The van der Waals surface area contributed by atoms with E-state index in [-0.39, 0.29) is 11.7 Å². The summed E-state index contributed by atoms with van der Waals surface area (Å²) >= 11 is 1.39. The SMILES string of the molecule is Cc1ccc(C(=O)Nc2ccccc2C(=O)c2cccs2)cc1. The van der Waals surface area contributed by atoms with Crippen LogP contribution in [0.3, 0.4) is 0 Å². The molecule has 0 saturated carbocycles. The van der Waals surface area contributed by atoms with Crippen LogP contribution in [0.1, 0.15) is 31.2 Å². The Labute approximate surface area is 138 Å². The highest BCUT2D eigenvalue weighted by atomic mass is 32.1. The molecule has 4 heteroatoms. The number of rotatable bonds is 4. The average Bonchev–Trinajstić information content (AvgIpc) is 3.10. The zero-order chi connectivity index (χ0) is 16.2. The third-order valence-corrected chi connectivity index (χ3v) is 4.35. The van der Waals surface area contributed by atoms with Crippen molar-refractivity contribution in [3.05, 3.63) is 87.6 Å². The Morgan fingerprint density at radius 1 is 0.913 bits per heavy atom. The van der Waals surface area contributed by atoms with E-state index in [0.29, 0.717) is 21.7 Å². The maximum absolute atomic E-state index is 12.6. The molecule has 0 bridgehead atoms. The second kappa shape index (κ2) is 6.58. The summed E-state index contributed by atoms with van der Waals surface area (Å²) in [5.41, 5.74) is 2.68. The Balaban J connectivity index is 1.87. The molecule has 1 amide bonds. The molecule has 3 nitrogen and oxygen atoms in total. The van der Waals surface area contributed by atoms with Crippen LogP contribution in [0.2, 0.25) is 0 Å². The van der Waals surface area contributed by atoms with Crippen LogP contribution < -0.4 is 5.32 Å². The lowest BCUT2D eigenvalue weighted by atomic mass is 10.1. The van der Waals surface area contributed by atoms with E-state index in [4.69, 9.17) is 0 Å². The summed E-state index contributed by atoms with van der Waals surface area (Å²) in [5, 5.41) is 4.70. The zero-order valence-corrected chi connectivity index (χ0v) is 13.4. The Morgan fingerprint density at radius 3 is 2.35 bits per heavy atom. The molecule has 0 spiro atoms. The predicted octanol–water partition coefficient (Wildman–Crippen LogP) is 4.54. The number of para-hydroxylation sites is 1. The number of carbonyl (C=O) groups is 2. The third-order valence-electron chi connectivity index (χ3n) is 3.48. The smallest absolute Gasteiger partial charge is 0.255 e. The van der Waals surface area contributed by atoms with Crippen molar-refractivity contribution in [3.8, 4) is 0 Å². The van der Waals surface area contributed by atoms with E-state index in [9.17, 15) is 9.59 Å². The van der Waals surface area contributed by atoms with Gasteiger partial charge in [-0.15, -0.1) is 11.3 Å². The van der Waals surface area contributed by atoms with Crippen molar-refractivity contribution in [1.29, 1.82) is 0 Å². The largest absolute Gasteiger partial charge is 0.321 e. The molecule has 2 aromatic carbocycles. The van der Waals surface area contributed by atoms with E-state index < -0.39 is 0 Å². The lowest BCUT2D eigenvalue weighted by Gasteiger charge is -2.10. The van der Waals surface area contributed by atoms with Gasteiger partial charge in [0.1, 0.15) is 0 Å². The average molecular weight is 321 g/mol. The number of amides is 1. The van der Waals surface area contributed by atoms with Crippen LogP contribution in [0.5, 0.6) is 0 Å². The molecular formula is C19H15NO2S. The number of hydrogen-bond donors (Lipinski definition) is 1. The van der Waals surface area contributed by atoms with Crippen LogP contribution in [0.15, 0.2) is 66.0 Å². The standard InChI is InChI=1S/C19H15NO2S/c1-13-8-10-14(11-9-13)19(22)20-16-6-3-2-5-15(16)18(21)17-7-4-12-23-17/h2-12H,1H3,(H,20,22). The molecule has 3 rings (SSSR count). The first-order chi connectivity index (χ1) is 11.1. The summed E-state index contributed by atoms with van der Waals surface area (Å²) in [6.45, 7) is 1.97. The predicted molar refractivity (Wildman–Crippen MR) is 93.3 cm³/mol. The third kappa shape index (κ3) is 3.38. The van der Waals surface area contributed by atoms with Crippen molar-refractivity contribution in [2.75, 3.05) is 5.32 Å². The van der Waals surface area contributed by atoms with E-state index in [0.717, 1.165) is 5.56 Å². The maximum atomic E-state index is 12.6. The molecule has 3 aromatic rings. The number of anilines is 1. The Kier molecular flexibility index (Phi) is 4.35. The van der Waals surface area contributed by atoms with Gasteiger partial charge in [0.25, 0.3) is 5.91 Å². The first kappa shape index (κ1) is 15.2. The lowest BCUT2D eigenvalue weighted by molar-refractivity contribution is 0.102. The van der Waals surface area contributed by atoms with Crippen molar-refractivity contribution in [1.82, 2.24) is 0 Å². The van der Waals surface area contributed by atoms with Crippen LogP contribution in [0.25, 0.3) is 0 Å². The van der Waals surface area contributed by atoms with Crippen LogP contribution >= 0.6 is 11.3 Å². The summed E-state index contributed by atoms with van der Waals surface area (Å²) in [6, 6.07) is 18.0. The summed E-state index contributed by atoms with van der Waals surface area (Å²) < 4.78 is 0. The highest BCUT2D eigenvalue weighted by Gasteiger charge is 2.16. The van der Waals surface area contributed by atoms with Gasteiger partial charge in [0.05, 0.1) is 10.6 Å². The monoisotopic (exact) mass is 321 g/mol. The van der Waals surface area contributed by atoms with E-state index in [2.05, 4.69) is 5.32 Å². The highest BCUT2D eigenvalue weighted by molar-refractivity contribution is 7.12. The molecule has 0 radical (unpaired) electrons. The topological polar surface area (TPSA) is 46.2 Å². The first-order valence-corrected chi connectivity index (χ1v) is 8.08. The number of thiophene rings is 1. The van der Waals surface area contributed by atoms with E-state index in [1.54, 1.807) is 42.5 Å². The van der Waals surface area contributed by atoms with Gasteiger partial charge < -0.3 is 5.32 Å². The van der Waals surface area contributed by atoms with Crippen molar-refractivity contribution < 1.29 is 9.59 Å². The molecule has 0 fully saturated rings. The summed E-state index contributed by atoms with van der Waals surface area (Å²) in [6.07, 6.45) is 0. The minimum atomic E-state index is -0.226. The maximum Gasteiger partial charge on any atom is 0.255 e. The first-order valence-electron chi connectivity index (χ1n) is 7.20. The van der Waals surface area contributed by atoms with Crippen molar-refractivity contribution in [3.63, 3.8) is 0 Å². The van der Waals surface area contributed by atoms with Crippen molar-refractivity contribution in [2.24, 2.45) is 0 Å². The van der Waals surface area contributed by atoms with Crippen molar-refractivity contribution in [2.45, 2.75) is 6.92 Å². The van der Waals surface area contributed by atoms with Gasteiger partial charge in [-0.1, -0.05) is 35.9 Å². The number of benzene rings is 2. The van der Waals surface area contributed by atoms with Crippen molar-refractivity contribution >= 4 is 28.7 Å². The van der Waals surface area contributed by atoms with E-state index in [1.165, 1.54) is 11.3 Å². The number of hydrogen-bond acceptors (Lipinski definition) is 3. The molecule has 0 aliphatic carbocycles. The van der Waals surface area contributed by atoms with Gasteiger partial charge in [-0.05, 0) is 42.6 Å². The minimum Gasteiger partial charge on any atom is -0.321 e. The molecule has 114 valence electrons. The van der Waals surface area contributed by atoms with E-state index in [1.807, 2.05) is 30.5 Å². The van der Waals surface area contributed by atoms with Crippen LogP contribution in [0.4, 0.5) is 5.69 Å². The normalized spacial score (nSPS) is 10.3. The molecular weight excluding hydrogens is 306 g/mol. The Morgan fingerprint density at radius 2 is 1.65 bits per heavy atom. The van der Waals surface area contributed by atoms with Gasteiger partial charge in [-0.2, -0.15) is 0 Å². The minimum absolute atomic E-state index is 0.0835. The fourth-order valence-electron chi connectivity index (χ4n) is 2.23. The van der Waals surface area contributed by atoms with Gasteiger partial charge in [-0.3, -0.25) is 9.59 Å². The molecule has 0 unspecified atom stereocenters. The van der Waals surface area contributed by atoms with Gasteiger partial charge in [0, 0.05) is 11.1 Å². The quantitative estimate of drug-likeness (QED) is 0.717. The Bertz CT molecular complexity index is 836. The zero-order valence-electron chi connectivity index (χ0n) is 12.6. The molecule has 0 aliphatic heterocycles. The molecule has 1 heterocycles. The fourth-order valence-corrected chi connectivity index (χ4v) is 2.91. The Hall–Kier alpha value is -2.72. The number of nitrogens with one attached hydrogen (secondary N) is 1. The fraction of sp³-hybridized carbons (Fsp3) is 0.0526. The lowest BCUT2D eigenvalue weighted by Crippen LogP contribution is -2.14. The highest BCUT2D eigenvalue weighted by Crippen LogP contribution is 2.22. The van der Waals surface area contributed by atoms with Gasteiger partial charge >= 0.3 is 0 Å². The second-order valence-corrected chi connectivity index (χ2v) is 6.12. The molecule has 0 aliphatic rings. The number of ketones is 1. The van der Waals surface area contributed by atoms with Gasteiger partial charge in [0.15, 0.2) is 0 Å². The van der Waals surface area contributed by atoms with Crippen LogP contribution in [-0.4, -0.2) is 11.7 Å². The summed E-state index contributed by atoms with van der Waals surface area (Å²) in [4.78, 5) is 25.6. The van der Waals surface area contributed by atoms with Gasteiger partial charge in [0.2, 0.25) is 5.78 Å². The summed E-state index contributed by atoms with van der Waals surface area (Å²) in [7, 11) is 0.